The number of pyridine rings is 2. The van der Waals surface area contributed by atoms with E-state index in [2.05, 4.69) is 22.0 Å². The van der Waals surface area contributed by atoms with Gasteiger partial charge in [-0.3, -0.25) is 34.0 Å². The van der Waals surface area contributed by atoms with E-state index in [1.54, 1.807) is 45.2 Å². The number of benzene rings is 1. The maximum atomic E-state index is 14.6. The van der Waals surface area contributed by atoms with Crippen LogP contribution in [-0.2, 0) is 46.3 Å². The summed E-state index contributed by atoms with van der Waals surface area (Å²) in [6, 6.07) is 10.7. The topological polar surface area (TPSA) is 188 Å². The minimum Gasteiger partial charge on any atom is -0.508 e. The highest BCUT2D eigenvalue weighted by atomic mass is 16.5. The van der Waals surface area contributed by atoms with Crippen molar-refractivity contribution in [2.45, 2.75) is 84.9 Å². The number of hydrazine groups is 1. The van der Waals surface area contributed by atoms with Crippen molar-refractivity contribution in [3.63, 3.8) is 0 Å². The number of amides is 4. The summed E-state index contributed by atoms with van der Waals surface area (Å²) in [7, 11) is 3.18. The number of likely N-dealkylation sites (tertiary alicyclic amines) is 1. The molecule has 2 N–H and O–H groups in total. The second-order valence-corrected chi connectivity index (χ2v) is 18.2. The van der Waals surface area contributed by atoms with Gasteiger partial charge >= 0.3 is 5.97 Å². The van der Waals surface area contributed by atoms with Gasteiger partial charge in [0.15, 0.2) is 0 Å². The first kappa shape index (κ1) is 45.8. The van der Waals surface area contributed by atoms with Crippen molar-refractivity contribution in [1.29, 1.82) is 0 Å². The lowest BCUT2D eigenvalue weighted by atomic mass is 9.87. The molecule has 3 aromatic heterocycles. The number of hydrogen-bond acceptors (Lipinski definition) is 11. The monoisotopic (exact) mass is 874 g/mol. The van der Waals surface area contributed by atoms with Crippen LogP contribution in [0.3, 0.4) is 0 Å². The van der Waals surface area contributed by atoms with Gasteiger partial charge in [-0.2, -0.15) is 0 Å². The van der Waals surface area contributed by atoms with Crippen LogP contribution < -0.4 is 5.43 Å². The predicted octanol–water partition coefficient (Wildman–Crippen LogP) is 5.13. The van der Waals surface area contributed by atoms with Gasteiger partial charge in [-0.1, -0.05) is 40.3 Å². The first-order chi connectivity index (χ1) is 30.5. The second kappa shape index (κ2) is 18.8. The summed E-state index contributed by atoms with van der Waals surface area (Å²) in [6.07, 6.45) is 6.16. The molecule has 4 atom stereocenters. The Morgan fingerprint density at radius 3 is 2.61 bits per heavy atom. The van der Waals surface area contributed by atoms with E-state index in [9.17, 15) is 29.1 Å². The molecule has 3 aliphatic heterocycles. The third-order valence-electron chi connectivity index (χ3n) is 12.4. The summed E-state index contributed by atoms with van der Waals surface area (Å²) >= 11 is 0. The Balaban J connectivity index is 1.31. The van der Waals surface area contributed by atoms with Crippen LogP contribution in [0.2, 0.25) is 0 Å². The number of aromatic nitrogens is 3. The van der Waals surface area contributed by atoms with Crippen LogP contribution in [0, 0.1) is 17.3 Å². The van der Waals surface area contributed by atoms with Gasteiger partial charge in [0, 0.05) is 63.6 Å². The molecule has 16 heteroatoms. The molecule has 0 spiro atoms. The number of methoxy groups -OCH3 is 1. The molecule has 7 rings (SSSR count). The zero-order valence-corrected chi connectivity index (χ0v) is 37.7. The lowest BCUT2D eigenvalue weighted by molar-refractivity contribution is -0.153. The van der Waals surface area contributed by atoms with Crippen molar-refractivity contribution in [3.05, 3.63) is 84.5 Å². The summed E-state index contributed by atoms with van der Waals surface area (Å²) in [5.41, 5.74) is 7.96. The average Bonchev–Trinajstić information content (AvgIpc) is 3.91. The number of aromatic hydroxyl groups is 1. The SMILES string of the molecule is C=CC(=O)N1CC[C@H](C(=O)N(C)[C@H](C(=O)N=C2Cc3cc(O)cc(c3)-c3ccc4nc(-c5cccnc5[C@H](C)OC)c(n4c3)CC(C)(C)COC(=O)[C@@H]3CCCN(N3)C2=O)C(C)C)C1. The molecule has 6 heterocycles. The van der Waals surface area contributed by atoms with Crippen molar-refractivity contribution in [2.75, 3.05) is 40.4 Å². The van der Waals surface area contributed by atoms with Gasteiger partial charge in [-0.05, 0) is 97.7 Å². The van der Waals surface area contributed by atoms with E-state index in [1.807, 2.05) is 61.7 Å². The largest absolute Gasteiger partial charge is 0.508 e. The van der Waals surface area contributed by atoms with Gasteiger partial charge in [0.05, 0.1) is 35.7 Å². The fraction of sp³-hybridized carbons (Fsp3) is 0.458. The van der Waals surface area contributed by atoms with Crippen molar-refractivity contribution in [2.24, 2.45) is 22.2 Å². The van der Waals surface area contributed by atoms with Gasteiger partial charge in [0.25, 0.3) is 11.8 Å². The molecule has 16 nitrogen and oxygen atoms in total. The zero-order valence-electron chi connectivity index (χ0n) is 37.7. The van der Waals surface area contributed by atoms with Crippen LogP contribution in [0.5, 0.6) is 5.75 Å². The number of likely N-dealkylation sites (N-methyl/N-ethyl adjacent to an activating group) is 1. The Morgan fingerprint density at radius 2 is 1.88 bits per heavy atom. The van der Waals surface area contributed by atoms with E-state index in [-0.39, 0.29) is 55.5 Å². The van der Waals surface area contributed by atoms with Gasteiger partial charge in [-0.15, -0.1) is 0 Å². The number of cyclic esters (lactones) is 1. The summed E-state index contributed by atoms with van der Waals surface area (Å²) < 4.78 is 13.7. The number of carbonyl (C=O) groups excluding carboxylic acids is 5. The molecule has 338 valence electrons. The second-order valence-electron chi connectivity index (χ2n) is 18.2. The van der Waals surface area contributed by atoms with Crippen molar-refractivity contribution in [1.82, 2.24) is 34.6 Å². The van der Waals surface area contributed by atoms with Crippen molar-refractivity contribution in [3.8, 4) is 28.1 Å². The maximum Gasteiger partial charge on any atom is 0.324 e. The van der Waals surface area contributed by atoms with E-state index in [0.29, 0.717) is 54.7 Å². The number of ether oxygens (including phenoxy) is 2. The Bertz CT molecular complexity index is 2510. The highest BCUT2D eigenvalue weighted by Crippen LogP contribution is 2.36. The quantitative estimate of drug-likeness (QED) is 0.177. The molecule has 0 aliphatic carbocycles. The molecule has 4 aromatic rings. The maximum absolute atomic E-state index is 14.6. The predicted molar refractivity (Wildman–Crippen MR) is 240 cm³/mol. The van der Waals surface area contributed by atoms with Crippen LogP contribution >= 0.6 is 0 Å². The summed E-state index contributed by atoms with van der Waals surface area (Å²) in [6.45, 7) is 14.0. The van der Waals surface area contributed by atoms with E-state index in [4.69, 9.17) is 14.5 Å². The van der Waals surface area contributed by atoms with E-state index < -0.39 is 47.1 Å². The molecule has 64 heavy (non-hydrogen) atoms. The summed E-state index contributed by atoms with van der Waals surface area (Å²) in [5.74, 6) is -3.40. The minimum absolute atomic E-state index is 0.0576. The number of phenolic OH excluding ortho intramolecular Hbond substituents is 1. The number of aliphatic imine (C=N–C) groups is 1. The first-order valence-corrected chi connectivity index (χ1v) is 21.8. The number of nitrogens with zero attached hydrogens (tertiary/aromatic N) is 7. The molecule has 2 saturated heterocycles. The minimum atomic E-state index is -1.04. The Hall–Kier alpha value is -6.26. The smallest absolute Gasteiger partial charge is 0.324 e. The molecule has 6 bridgehead atoms. The van der Waals surface area contributed by atoms with Crippen LogP contribution in [0.4, 0.5) is 0 Å². The van der Waals surface area contributed by atoms with Crippen LogP contribution in [0.1, 0.15) is 76.9 Å². The van der Waals surface area contributed by atoms with Crippen molar-refractivity contribution < 1.29 is 38.6 Å². The van der Waals surface area contributed by atoms with Crippen LogP contribution in [-0.4, -0.2) is 122 Å². The Labute approximate surface area is 373 Å². The van der Waals surface area contributed by atoms with Gasteiger partial charge in [-0.25, -0.2) is 15.4 Å². The Morgan fingerprint density at radius 1 is 1.09 bits per heavy atom. The highest BCUT2D eigenvalue weighted by molar-refractivity contribution is 6.40. The number of imidazole rings is 1. The fourth-order valence-electron chi connectivity index (χ4n) is 8.94. The number of nitrogens with one attached hydrogen (secondary N) is 1. The summed E-state index contributed by atoms with van der Waals surface area (Å²) in [4.78, 5) is 86.1. The van der Waals surface area contributed by atoms with Crippen molar-refractivity contribution >= 4 is 41.0 Å². The van der Waals surface area contributed by atoms with Crippen LogP contribution in [0.15, 0.2) is 72.5 Å². The lowest BCUT2D eigenvalue weighted by Crippen LogP contribution is -2.57. The average molecular weight is 875 g/mol. The molecule has 1 aromatic carbocycles. The molecular weight excluding hydrogens is 817 g/mol. The number of hydrogen-bond donors (Lipinski definition) is 2. The van der Waals surface area contributed by atoms with Crippen LogP contribution in [0.25, 0.3) is 28.0 Å². The standard InChI is InChI=1S/C48H58N8O8/c1-9-40(58)54-19-16-32(25-54)45(60)53(7)43(28(2)3)44(59)50-37-22-30-20-33(23-34(57)21-30)31-14-15-39-51-42(35-12-10-17-49-41(35)29(4)63-8)38(55(39)26-31)24-48(5,6)27-64-47(62)36-13-11-18-56(52-36)46(37)61/h9-10,12,14-15,17,20-21,23,26,28-29,32,36,43,52,57H,1,11,13,16,18-19,22,24-25,27H2,2-8H3/t29-,32-,36-,43-/m0/s1. The fourth-order valence-corrected chi connectivity index (χ4v) is 8.94. The number of esters is 1. The van der Waals surface area contributed by atoms with Gasteiger partial charge in [0.1, 0.15) is 29.2 Å². The van der Waals surface area contributed by atoms with E-state index >= 15 is 0 Å². The molecule has 0 radical (unpaired) electrons. The third-order valence-corrected chi connectivity index (χ3v) is 12.4. The van der Waals surface area contributed by atoms with E-state index in [1.165, 1.54) is 22.1 Å². The van der Waals surface area contributed by atoms with Gasteiger partial charge < -0.3 is 28.8 Å². The number of rotatable bonds is 8. The summed E-state index contributed by atoms with van der Waals surface area (Å²) in [5, 5.41) is 12.5. The highest BCUT2D eigenvalue weighted by Gasteiger charge is 2.39. The molecular formula is C48H58N8O8. The first-order valence-electron chi connectivity index (χ1n) is 21.8. The number of fused-ring (bicyclic) bond motifs is 6. The third kappa shape index (κ3) is 9.62. The molecule has 0 unspecified atom stereocenters. The van der Waals surface area contributed by atoms with Gasteiger partial charge in [0.2, 0.25) is 11.8 Å². The molecule has 0 saturated carbocycles. The number of phenols is 1. The normalized spacial score (nSPS) is 20.8. The molecule has 4 amide bonds. The zero-order chi connectivity index (χ0) is 46.0. The molecule has 2 fully saturated rings. The lowest BCUT2D eigenvalue weighted by Gasteiger charge is -2.34. The number of carbonyl (C=O) groups is 5. The van der Waals surface area contributed by atoms with E-state index in [0.717, 1.165) is 22.5 Å². The molecule has 3 aliphatic rings. The Kier molecular flexibility index (Phi) is 13.5.